The normalized spacial score (nSPS) is 42.9. The maximum absolute atomic E-state index is 12.6. The van der Waals surface area contributed by atoms with E-state index >= 15 is 0 Å². The molecule has 0 unspecified atom stereocenters. The highest BCUT2D eigenvalue weighted by atomic mass is 16.6. The Balaban J connectivity index is 1.89. The zero-order valence-corrected chi connectivity index (χ0v) is 14.7. The fourth-order valence-electron chi connectivity index (χ4n) is 4.11. The highest BCUT2D eigenvalue weighted by Crippen LogP contribution is 2.36. The molecule has 0 aromatic heterocycles. The molecule has 3 aliphatic rings. The summed E-state index contributed by atoms with van der Waals surface area (Å²) in [5.41, 5.74) is -1.12. The predicted octanol–water partition coefficient (Wildman–Crippen LogP) is 1.27. The van der Waals surface area contributed by atoms with Gasteiger partial charge in [0.1, 0.15) is 6.10 Å². The van der Waals surface area contributed by atoms with Crippen molar-refractivity contribution in [1.29, 1.82) is 0 Å². The number of nitrogens with zero attached hydrogens (tertiary/aromatic N) is 1. The number of carbonyl (C=O) groups excluding carboxylic acids is 2. The number of rotatable bonds is 0. The van der Waals surface area contributed by atoms with Crippen molar-refractivity contribution < 1.29 is 24.2 Å². The van der Waals surface area contributed by atoms with Gasteiger partial charge in [-0.3, -0.25) is 4.90 Å². The molecule has 3 heterocycles. The molecule has 0 saturated carbocycles. The topological polar surface area (TPSA) is 76.1 Å². The molecule has 0 spiro atoms. The lowest BCUT2D eigenvalue weighted by atomic mass is 9.85. The molecule has 3 rings (SSSR count). The molecule has 0 radical (unpaired) electrons. The number of ether oxygens (including phenoxy) is 2. The van der Waals surface area contributed by atoms with Crippen LogP contribution < -0.4 is 0 Å². The van der Waals surface area contributed by atoms with E-state index in [1.54, 1.807) is 19.9 Å². The average molecular weight is 337 g/mol. The molecule has 6 nitrogen and oxygen atoms in total. The summed E-state index contributed by atoms with van der Waals surface area (Å²) in [5, 5.41) is 10.6. The first-order valence-corrected chi connectivity index (χ1v) is 8.84. The number of hydrogen-bond donors (Lipinski definition) is 1. The Kier molecular flexibility index (Phi) is 4.71. The lowest BCUT2D eigenvalue weighted by molar-refractivity contribution is -0.172. The standard InChI is InChI=1S/C18H27NO5/c1-4-12-9-11(2)18(3,22)17(21)23-10-13-5-7-19-8-6-14(15(13)19)24-16(12)20/h4,11,13-15,22H,5-10H2,1-3H3/b12-4+/t11-,13-,14-,15+,18-/m1/s1. The van der Waals surface area contributed by atoms with Gasteiger partial charge in [-0.1, -0.05) is 13.0 Å². The van der Waals surface area contributed by atoms with Crippen LogP contribution in [0.5, 0.6) is 0 Å². The van der Waals surface area contributed by atoms with Crippen LogP contribution in [0.4, 0.5) is 0 Å². The first-order chi connectivity index (χ1) is 11.3. The fraction of sp³-hybridized carbons (Fsp3) is 0.778. The van der Waals surface area contributed by atoms with E-state index in [1.165, 1.54) is 6.92 Å². The van der Waals surface area contributed by atoms with Crippen LogP contribution in [-0.2, 0) is 19.1 Å². The summed E-state index contributed by atoms with van der Waals surface area (Å²) >= 11 is 0. The number of esters is 2. The molecular formula is C18H27NO5. The molecule has 24 heavy (non-hydrogen) atoms. The third kappa shape index (κ3) is 2.97. The van der Waals surface area contributed by atoms with Gasteiger partial charge in [0.25, 0.3) is 0 Å². The minimum Gasteiger partial charge on any atom is -0.463 e. The molecule has 0 aromatic rings. The predicted molar refractivity (Wildman–Crippen MR) is 87.1 cm³/mol. The van der Waals surface area contributed by atoms with E-state index in [0.29, 0.717) is 5.57 Å². The summed E-state index contributed by atoms with van der Waals surface area (Å²) in [6, 6.07) is 0.113. The van der Waals surface area contributed by atoms with Gasteiger partial charge in [-0.2, -0.15) is 0 Å². The smallest absolute Gasteiger partial charge is 0.338 e. The van der Waals surface area contributed by atoms with Gasteiger partial charge in [0, 0.05) is 18.0 Å². The fourth-order valence-corrected chi connectivity index (χ4v) is 4.11. The number of aliphatic hydroxyl groups is 1. The van der Waals surface area contributed by atoms with Crippen molar-refractivity contribution in [1.82, 2.24) is 4.90 Å². The SMILES string of the molecule is C/C=C1\C[C@@H](C)[C@@](C)(O)C(=O)OC[C@H]2CCN3CC[C@@H](OC1=O)[C@H]23. The van der Waals surface area contributed by atoms with E-state index in [0.717, 1.165) is 25.9 Å². The van der Waals surface area contributed by atoms with Gasteiger partial charge in [-0.05, 0) is 45.6 Å². The molecule has 6 heteroatoms. The van der Waals surface area contributed by atoms with Gasteiger partial charge in [-0.15, -0.1) is 0 Å². The minimum atomic E-state index is -1.62. The van der Waals surface area contributed by atoms with Gasteiger partial charge >= 0.3 is 11.9 Å². The Labute approximate surface area is 142 Å². The van der Waals surface area contributed by atoms with Crippen LogP contribution in [-0.4, -0.2) is 59.4 Å². The van der Waals surface area contributed by atoms with Gasteiger partial charge in [0.2, 0.25) is 0 Å². The third-order valence-corrected chi connectivity index (χ3v) is 5.97. The lowest BCUT2D eigenvalue weighted by Gasteiger charge is -2.32. The average Bonchev–Trinajstić information content (AvgIpc) is 3.12. The molecule has 1 N–H and O–H groups in total. The summed E-state index contributed by atoms with van der Waals surface area (Å²) in [5.74, 6) is -1.23. The second-order valence-corrected chi connectivity index (χ2v) is 7.47. The molecule has 5 atom stereocenters. The van der Waals surface area contributed by atoms with Crippen LogP contribution >= 0.6 is 0 Å². The molecule has 134 valence electrons. The maximum Gasteiger partial charge on any atom is 0.338 e. The first-order valence-electron chi connectivity index (χ1n) is 8.84. The summed E-state index contributed by atoms with van der Waals surface area (Å²) in [6.07, 6.45) is 3.59. The molecule has 0 aromatic carbocycles. The minimum absolute atomic E-state index is 0.113. The van der Waals surface area contributed by atoms with Crippen molar-refractivity contribution in [2.45, 2.75) is 57.8 Å². The van der Waals surface area contributed by atoms with Crippen LogP contribution in [0, 0.1) is 11.8 Å². The lowest BCUT2D eigenvalue weighted by Crippen LogP contribution is -2.46. The molecule has 0 aliphatic carbocycles. The Morgan fingerprint density at radius 1 is 1.29 bits per heavy atom. The monoisotopic (exact) mass is 337 g/mol. The molecular weight excluding hydrogens is 310 g/mol. The highest BCUT2D eigenvalue weighted by Gasteiger charge is 2.48. The number of carbonyl (C=O) groups is 2. The van der Waals surface area contributed by atoms with E-state index in [-0.39, 0.29) is 37.1 Å². The summed E-state index contributed by atoms with van der Waals surface area (Å²) in [4.78, 5) is 27.3. The third-order valence-electron chi connectivity index (χ3n) is 5.97. The van der Waals surface area contributed by atoms with Gasteiger partial charge < -0.3 is 14.6 Å². The summed E-state index contributed by atoms with van der Waals surface area (Å²) in [7, 11) is 0. The van der Waals surface area contributed by atoms with Gasteiger partial charge in [0.15, 0.2) is 5.60 Å². The van der Waals surface area contributed by atoms with Crippen molar-refractivity contribution >= 4 is 11.9 Å². The van der Waals surface area contributed by atoms with Crippen LogP contribution in [0.15, 0.2) is 11.6 Å². The van der Waals surface area contributed by atoms with Crippen LogP contribution in [0.1, 0.15) is 40.0 Å². The van der Waals surface area contributed by atoms with Crippen LogP contribution in [0.3, 0.4) is 0 Å². The first kappa shape index (κ1) is 17.4. The van der Waals surface area contributed by atoms with Crippen molar-refractivity contribution in [2.24, 2.45) is 11.8 Å². The number of allylic oxidation sites excluding steroid dienone is 1. The highest BCUT2D eigenvalue weighted by molar-refractivity contribution is 5.89. The van der Waals surface area contributed by atoms with E-state index in [2.05, 4.69) is 4.90 Å². The number of hydrogen-bond acceptors (Lipinski definition) is 6. The molecule has 3 aliphatic heterocycles. The van der Waals surface area contributed by atoms with Crippen molar-refractivity contribution in [3.05, 3.63) is 11.6 Å². The molecule has 3 fully saturated rings. The maximum atomic E-state index is 12.6. The zero-order valence-electron chi connectivity index (χ0n) is 14.7. The van der Waals surface area contributed by atoms with Crippen molar-refractivity contribution in [3.8, 4) is 0 Å². The Bertz CT molecular complexity index is 556. The Hall–Kier alpha value is -1.40. The summed E-state index contributed by atoms with van der Waals surface area (Å²) in [6.45, 7) is 7.11. The molecule has 0 amide bonds. The van der Waals surface area contributed by atoms with Crippen LogP contribution in [0.2, 0.25) is 0 Å². The van der Waals surface area contributed by atoms with Crippen molar-refractivity contribution in [3.63, 3.8) is 0 Å². The van der Waals surface area contributed by atoms with Crippen LogP contribution in [0.25, 0.3) is 0 Å². The quantitative estimate of drug-likeness (QED) is 0.530. The van der Waals surface area contributed by atoms with E-state index in [4.69, 9.17) is 9.47 Å². The Morgan fingerprint density at radius 3 is 2.71 bits per heavy atom. The van der Waals surface area contributed by atoms with Crippen molar-refractivity contribution in [2.75, 3.05) is 19.7 Å². The second-order valence-electron chi connectivity index (χ2n) is 7.47. The largest absolute Gasteiger partial charge is 0.463 e. The van der Waals surface area contributed by atoms with Gasteiger partial charge in [-0.25, -0.2) is 9.59 Å². The van der Waals surface area contributed by atoms with E-state index in [1.807, 2.05) is 0 Å². The molecule has 3 saturated heterocycles. The number of cyclic esters (lactones) is 1. The Morgan fingerprint density at radius 2 is 2.00 bits per heavy atom. The second kappa shape index (κ2) is 6.48. The van der Waals surface area contributed by atoms with E-state index in [9.17, 15) is 14.7 Å². The molecule has 0 bridgehead atoms. The summed E-state index contributed by atoms with van der Waals surface area (Å²) < 4.78 is 11.3. The zero-order chi connectivity index (χ0) is 17.5. The van der Waals surface area contributed by atoms with Gasteiger partial charge in [0.05, 0.1) is 12.6 Å². The van der Waals surface area contributed by atoms with E-state index < -0.39 is 17.5 Å².